The van der Waals surface area contributed by atoms with E-state index in [0.29, 0.717) is 5.92 Å². The third-order valence-electron chi connectivity index (χ3n) is 4.37. The Hall–Kier alpha value is -1.05. The molecule has 0 N–H and O–H groups in total. The lowest BCUT2D eigenvalue weighted by molar-refractivity contribution is -0.125. The van der Waals surface area contributed by atoms with E-state index in [1.165, 1.54) is 12.0 Å². The van der Waals surface area contributed by atoms with E-state index in [-0.39, 0.29) is 11.2 Å². The molecule has 2 atom stereocenters. The second-order valence-electron chi connectivity index (χ2n) is 5.20. The molecule has 0 radical (unpaired) electrons. The van der Waals surface area contributed by atoms with Gasteiger partial charge in [-0.15, -0.1) is 0 Å². The molecular formula is C14H20O2. The number of hydrogen-bond donors (Lipinski definition) is 0. The van der Waals surface area contributed by atoms with Gasteiger partial charge in [-0.05, 0) is 56.3 Å². The number of rotatable bonds is 1. The number of ketones is 1. The first-order valence-corrected chi connectivity index (χ1v) is 6.02. The van der Waals surface area contributed by atoms with Gasteiger partial charge in [-0.2, -0.15) is 0 Å². The van der Waals surface area contributed by atoms with Gasteiger partial charge in [0.15, 0.2) is 5.78 Å². The Morgan fingerprint density at radius 3 is 2.81 bits per heavy atom. The Bertz CT molecular complexity index is 390. The summed E-state index contributed by atoms with van der Waals surface area (Å²) in [6.45, 7) is 6.16. The van der Waals surface area contributed by atoms with Crippen molar-refractivity contribution < 1.29 is 9.53 Å². The summed E-state index contributed by atoms with van der Waals surface area (Å²) in [6.07, 6.45) is 5.20. The van der Waals surface area contributed by atoms with Crippen LogP contribution in [0.1, 0.15) is 40.0 Å². The predicted molar refractivity (Wildman–Crippen MR) is 63.9 cm³/mol. The van der Waals surface area contributed by atoms with Crippen molar-refractivity contribution in [1.82, 2.24) is 0 Å². The van der Waals surface area contributed by atoms with Gasteiger partial charge in [0.1, 0.15) is 5.76 Å². The highest BCUT2D eigenvalue weighted by molar-refractivity contribution is 6.03. The number of methoxy groups -OCH3 is 1. The Balaban J connectivity index is 2.58. The monoisotopic (exact) mass is 220 g/mol. The fraction of sp³-hybridized carbons (Fsp3) is 0.643. The van der Waals surface area contributed by atoms with Gasteiger partial charge >= 0.3 is 0 Å². The van der Waals surface area contributed by atoms with Crippen LogP contribution in [0, 0.1) is 11.3 Å². The predicted octanol–water partition coefficient (Wildman–Crippen LogP) is 3.24. The van der Waals surface area contributed by atoms with E-state index in [2.05, 4.69) is 13.8 Å². The molecule has 88 valence electrons. The zero-order valence-corrected chi connectivity index (χ0v) is 10.6. The topological polar surface area (TPSA) is 26.3 Å². The Morgan fingerprint density at radius 2 is 2.19 bits per heavy atom. The van der Waals surface area contributed by atoms with Crippen LogP contribution in [0.25, 0.3) is 0 Å². The van der Waals surface area contributed by atoms with Crippen molar-refractivity contribution in [3.8, 4) is 0 Å². The van der Waals surface area contributed by atoms with Gasteiger partial charge in [0.25, 0.3) is 0 Å². The molecule has 2 heteroatoms. The summed E-state index contributed by atoms with van der Waals surface area (Å²) in [5.41, 5.74) is 1.73. The lowest BCUT2D eigenvalue weighted by atomic mass is 9.59. The normalized spacial score (nSPS) is 34.6. The Kier molecular flexibility index (Phi) is 2.69. The van der Waals surface area contributed by atoms with Crippen molar-refractivity contribution in [2.24, 2.45) is 11.3 Å². The SMILES string of the molecule is COC1=C2CCC[C@H](C)[C@]2(C)C(=O)C(C)=C1. The molecule has 0 spiro atoms. The molecule has 1 saturated carbocycles. The molecule has 16 heavy (non-hydrogen) atoms. The second kappa shape index (κ2) is 3.76. The molecule has 0 aromatic rings. The third-order valence-corrected chi connectivity index (χ3v) is 4.37. The van der Waals surface area contributed by atoms with Gasteiger partial charge in [0.2, 0.25) is 0 Å². The van der Waals surface area contributed by atoms with E-state index in [9.17, 15) is 4.79 Å². The number of fused-ring (bicyclic) bond motifs is 1. The maximum absolute atomic E-state index is 12.4. The number of carbonyl (C=O) groups excluding carboxylic acids is 1. The van der Waals surface area contributed by atoms with Crippen molar-refractivity contribution in [3.05, 3.63) is 23.0 Å². The Morgan fingerprint density at radius 1 is 1.50 bits per heavy atom. The Labute approximate surface area is 97.4 Å². The lowest BCUT2D eigenvalue weighted by Gasteiger charge is -2.43. The molecule has 0 unspecified atom stereocenters. The number of hydrogen-bond acceptors (Lipinski definition) is 2. The maximum Gasteiger partial charge on any atom is 0.169 e. The van der Waals surface area contributed by atoms with Crippen molar-refractivity contribution >= 4 is 5.78 Å². The summed E-state index contributed by atoms with van der Waals surface area (Å²) >= 11 is 0. The molecule has 0 aliphatic heterocycles. The van der Waals surface area contributed by atoms with Gasteiger partial charge in [-0.1, -0.05) is 6.92 Å². The van der Waals surface area contributed by atoms with Gasteiger partial charge in [-0.3, -0.25) is 4.79 Å². The lowest BCUT2D eigenvalue weighted by Crippen LogP contribution is -2.42. The summed E-state index contributed by atoms with van der Waals surface area (Å²) in [5, 5.41) is 0. The van der Waals surface area contributed by atoms with Gasteiger partial charge in [-0.25, -0.2) is 0 Å². The molecular weight excluding hydrogens is 200 g/mol. The fourth-order valence-electron chi connectivity index (χ4n) is 3.11. The number of allylic oxidation sites excluding steroid dienone is 3. The summed E-state index contributed by atoms with van der Waals surface area (Å²) in [7, 11) is 1.70. The van der Waals surface area contributed by atoms with Crippen LogP contribution < -0.4 is 0 Å². The highest BCUT2D eigenvalue weighted by Gasteiger charge is 2.47. The van der Waals surface area contributed by atoms with Crippen LogP contribution in [0.3, 0.4) is 0 Å². The minimum Gasteiger partial charge on any atom is -0.497 e. The minimum atomic E-state index is -0.317. The van der Waals surface area contributed by atoms with Gasteiger partial charge in [0.05, 0.1) is 12.5 Å². The maximum atomic E-state index is 12.4. The van der Waals surface area contributed by atoms with Crippen molar-refractivity contribution in [2.75, 3.05) is 7.11 Å². The van der Waals surface area contributed by atoms with E-state index >= 15 is 0 Å². The molecule has 1 fully saturated rings. The largest absolute Gasteiger partial charge is 0.497 e. The van der Waals surface area contributed by atoms with Gasteiger partial charge in [0, 0.05) is 0 Å². The highest BCUT2D eigenvalue weighted by Crippen LogP contribution is 2.50. The molecule has 0 saturated heterocycles. The summed E-state index contributed by atoms with van der Waals surface area (Å²) in [6, 6.07) is 0. The van der Waals surface area contributed by atoms with Crippen LogP contribution in [-0.4, -0.2) is 12.9 Å². The molecule has 2 aliphatic carbocycles. The smallest absolute Gasteiger partial charge is 0.169 e. The average Bonchev–Trinajstić information content (AvgIpc) is 2.27. The summed E-state index contributed by atoms with van der Waals surface area (Å²) in [5.74, 6) is 1.62. The molecule has 2 aliphatic rings. The molecule has 0 aromatic heterocycles. The summed E-state index contributed by atoms with van der Waals surface area (Å²) in [4.78, 5) is 12.4. The van der Waals surface area contributed by atoms with E-state index in [4.69, 9.17) is 4.74 Å². The first-order valence-electron chi connectivity index (χ1n) is 6.02. The van der Waals surface area contributed by atoms with E-state index in [0.717, 1.165) is 24.2 Å². The zero-order chi connectivity index (χ0) is 11.9. The zero-order valence-electron chi connectivity index (χ0n) is 10.6. The molecule has 0 bridgehead atoms. The van der Waals surface area contributed by atoms with E-state index < -0.39 is 0 Å². The van der Waals surface area contributed by atoms with E-state index in [1.54, 1.807) is 7.11 Å². The molecule has 0 aromatic carbocycles. The van der Waals surface area contributed by atoms with Crippen molar-refractivity contribution in [1.29, 1.82) is 0 Å². The quantitative estimate of drug-likeness (QED) is 0.678. The fourth-order valence-corrected chi connectivity index (χ4v) is 3.11. The number of Topliss-reactive ketones (excluding diaryl/α,β-unsaturated/α-hetero) is 1. The van der Waals surface area contributed by atoms with Crippen LogP contribution >= 0.6 is 0 Å². The average molecular weight is 220 g/mol. The van der Waals surface area contributed by atoms with Crippen LogP contribution in [0.5, 0.6) is 0 Å². The minimum absolute atomic E-state index is 0.288. The van der Waals surface area contributed by atoms with Crippen molar-refractivity contribution in [3.63, 3.8) is 0 Å². The van der Waals surface area contributed by atoms with Gasteiger partial charge < -0.3 is 4.74 Å². The molecule has 2 nitrogen and oxygen atoms in total. The van der Waals surface area contributed by atoms with Crippen LogP contribution in [-0.2, 0) is 9.53 Å². The van der Waals surface area contributed by atoms with Crippen LogP contribution in [0.2, 0.25) is 0 Å². The van der Waals surface area contributed by atoms with E-state index in [1.807, 2.05) is 13.0 Å². The molecule has 0 amide bonds. The highest BCUT2D eigenvalue weighted by atomic mass is 16.5. The second-order valence-corrected chi connectivity index (χ2v) is 5.20. The standard InChI is InChI=1S/C14H20O2/c1-9-8-12(16-4)11-7-5-6-10(2)14(11,3)13(9)15/h8,10H,5-7H2,1-4H3/t10-,14-/m0/s1. The van der Waals surface area contributed by atoms with Crippen LogP contribution in [0.4, 0.5) is 0 Å². The first kappa shape index (κ1) is 11.4. The first-order chi connectivity index (χ1) is 7.51. The molecule has 2 rings (SSSR count). The van der Waals surface area contributed by atoms with Crippen LogP contribution in [0.15, 0.2) is 23.0 Å². The summed E-state index contributed by atoms with van der Waals surface area (Å²) < 4.78 is 5.44. The molecule has 0 heterocycles. The number of carbonyl (C=O) groups is 1. The third kappa shape index (κ3) is 1.35. The number of ether oxygens (including phenoxy) is 1. The van der Waals surface area contributed by atoms with Crippen molar-refractivity contribution in [2.45, 2.75) is 40.0 Å².